The third kappa shape index (κ3) is 3.03. The van der Waals surface area contributed by atoms with Gasteiger partial charge in [-0.15, -0.1) is 0 Å². The zero-order chi connectivity index (χ0) is 13.9. The van der Waals surface area contributed by atoms with Crippen LogP contribution in [0.25, 0.3) is 0 Å². The Hall–Kier alpha value is -1.07. The molecule has 4 nitrogen and oxygen atoms in total. The zero-order valence-corrected chi connectivity index (χ0v) is 12.3. The molecule has 0 heterocycles. The van der Waals surface area contributed by atoms with Gasteiger partial charge >= 0.3 is 0 Å². The van der Waals surface area contributed by atoms with Crippen molar-refractivity contribution in [2.75, 3.05) is 12.3 Å². The lowest BCUT2D eigenvalue weighted by atomic mass is 10.2. The van der Waals surface area contributed by atoms with Crippen LogP contribution in [0.15, 0.2) is 23.1 Å². The van der Waals surface area contributed by atoms with Crippen LogP contribution in [0.1, 0.15) is 32.8 Å². The molecule has 0 fully saturated rings. The first-order chi connectivity index (χ1) is 8.30. The molecule has 0 amide bonds. The number of nitrogens with zero attached hydrogens (tertiary/aromatic N) is 1. The van der Waals surface area contributed by atoms with Gasteiger partial charge in [-0.2, -0.15) is 4.31 Å². The number of benzene rings is 1. The van der Waals surface area contributed by atoms with E-state index in [0.29, 0.717) is 17.1 Å². The molecule has 0 atom stereocenters. The van der Waals surface area contributed by atoms with Crippen molar-refractivity contribution in [3.8, 4) is 0 Å². The Morgan fingerprint density at radius 1 is 1.33 bits per heavy atom. The summed E-state index contributed by atoms with van der Waals surface area (Å²) in [5.74, 6) is 0. The van der Waals surface area contributed by atoms with E-state index in [9.17, 15) is 8.42 Å². The molecule has 0 saturated heterocycles. The highest BCUT2D eigenvalue weighted by Gasteiger charge is 2.27. The summed E-state index contributed by atoms with van der Waals surface area (Å²) in [6.07, 6.45) is 0.790. The highest BCUT2D eigenvalue weighted by molar-refractivity contribution is 7.89. The fourth-order valence-corrected chi connectivity index (χ4v) is 3.89. The van der Waals surface area contributed by atoms with Gasteiger partial charge in [0.25, 0.3) is 0 Å². The summed E-state index contributed by atoms with van der Waals surface area (Å²) in [7, 11) is -3.46. The van der Waals surface area contributed by atoms with E-state index < -0.39 is 10.0 Å². The molecule has 1 aromatic carbocycles. The molecule has 102 valence electrons. The van der Waals surface area contributed by atoms with Crippen LogP contribution in [0, 0.1) is 6.92 Å². The van der Waals surface area contributed by atoms with Gasteiger partial charge in [-0.1, -0.05) is 13.0 Å². The van der Waals surface area contributed by atoms with Crippen LogP contribution in [0.4, 0.5) is 5.69 Å². The number of nitrogen functional groups attached to an aromatic ring is 1. The Morgan fingerprint density at radius 2 is 1.94 bits per heavy atom. The van der Waals surface area contributed by atoms with Gasteiger partial charge in [-0.3, -0.25) is 0 Å². The lowest BCUT2D eigenvalue weighted by molar-refractivity contribution is 0.354. The normalized spacial score (nSPS) is 12.3. The van der Waals surface area contributed by atoms with E-state index in [0.717, 1.165) is 12.0 Å². The predicted octanol–water partition coefficient (Wildman–Crippen LogP) is 2.39. The highest BCUT2D eigenvalue weighted by atomic mass is 32.2. The molecule has 0 aromatic heterocycles. The van der Waals surface area contributed by atoms with E-state index in [2.05, 4.69) is 0 Å². The van der Waals surface area contributed by atoms with Crippen molar-refractivity contribution in [1.29, 1.82) is 0 Å². The number of anilines is 1. The largest absolute Gasteiger partial charge is 0.399 e. The van der Waals surface area contributed by atoms with Crippen molar-refractivity contribution in [3.63, 3.8) is 0 Å². The maximum atomic E-state index is 12.6. The van der Waals surface area contributed by atoms with Gasteiger partial charge in [0.05, 0.1) is 4.90 Å². The number of rotatable bonds is 5. The summed E-state index contributed by atoms with van der Waals surface area (Å²) < 4.78 is 26.7. The fourth-order valence-electron chi connectivity index (χ4n) is 1.90. The first kappa shape index (κ1) is 15.0. The van der Waals surface area contributed by atoms with Crippen molar-refractivity contribution in [3.05, 3.63) is 23.8 Å². The quantitative estimate of drug-likeness (QED) is 0.836. The molecule has 0 spiro atoms. The summed E-state index contributed by atoms with van der Waals surface area (Å²) in [6.45, 7) is 8.05. The maximum absolute atomic E-state index is 12.6. The molecule has 5 heteroatoms. The number of aryl methyl sites for hydroxylation is 1. The molecule has 0 radical (unpaired) electrons. The summed E-state index contributed by atoms with van der Waals surface area (Å²) in [5.41, 5.74) is 6.89. The Labute approximate surface area is 110 Å². The number of hydrogen-bond acceptors (Lipinski definition) is 3. The second-order valence-electron chi connectivity index (χ2n) is 4.73. The monoisotopic (exact) mass is 270 g/mol. The Morgan fingerprint density at radius 3 is 2.44 bits per heavy atom. The van der Waals surface area contributed by atoms with Gasteiger partial charge in [0.15, 0.2) is 0 Å². The molecule has 0 saturated carbocycles. The molecular weight excluding hydrogens is 248 g/mol. The van der Waals surface area contributed by atoms with Gasteiger partial charge in [0.2, 0.25) is 10.0 Å². The first-order valence-electron chi connectivity index (χ1n) is 6.18. The molecule has 0 aliphatic heterocycles. The van der Waals surface area contributed by atoms with Crippen LogP contribution in [0.5, 0.6) is 0 Å². The summed E-state index contributed by atoms with van der Waals surface area (Å²) in [4.78, 5) is 0.310. The lowest BCUT2D eigenvalue weighted by Gasteiger charge is -2.26. The number of hydrogen-bond donors (Lipinski definition) is 1. The average molecular weight is 270 g/mol. The van der Waals surface area contributed by atoms with Gasteiger partial charge in [-0.05, 0) is 44.9 Å². The first-order valence-corrected chi connectivity index (χ1v) is 7.62. The second-order valence-corrected chi connectivity index (χ2v) is 6.59. The molecule has 0 bridgehead atoms. The minimum atomic E-state index is -3.46. The predicted molar refractivity (Wildman–Crippen MR) is 74.9 cm³/mol. The van der Waals surface area contributed by atoms with Gasteiger partial charge in [-0.25, -0.2) is 8.42 Å². The van der Waals surface area contributed by atoms with E-state index in [4.69, 9.17) is 5.73 Å². The van der Waals surface area contributed by atoms with E-state index in [1.54, 1.807) is 19.1 Å². The summed E-state index contributed by atoms with van der Waals surface area (Å²) in [5, 5.41) is 0. The smallest absolute Gasteiger partial charge is 0.243 e. The Bertz CT molecular complexity index is 510. The van der Waals surface area contributed by atoms with Gasteiger partial charge < -0.3 is 5.73 Å². The number of sulfonamides is 1. The molecular formula is C13H22N2O2S. The molecule has 0 aliphatic carbocycles. The maximum Gasteiger partial charge on any atom is 0.243 e. The van der Waals surface area contributed by atoms with Gasteiger partial charge in [0, 0.05) is 18.3 Å². The van der Waals surface area contributed by atoms with E-state index in [1.807, 2.05) is 20.8 Å². The zero-order valence-electron chi connectivity index (χ0n) is 11.5. The number of nitrogens with two attached hydrogens (primary N) is 1. The Kier molecular flexibility index (Phi) is 4.76. The molecule has 1 aromatic rings. The fraction of sp³-hybridized carbons (Fsp3) is 0.538. The molecule has 0 unspecified atom stereocenters. The van der Waals surface area contributed by atoms with Crippen LogP contribution in [0.2, 0.25) is 0 Å². The van der Waals surface area contributed by atoms with Crippen LogP contribution in [-0.4, -0.2) is 25.3 Å². The van der Waals surface area contributed by atoms with Crippen molar-refractivity contribution < 1.29 is 8.42 Å². The second kappa shape index (κ2) is 5.71. The van der Waals surface area contributed by atoms with Crippen molar-refractivity contribution in [1.82, 2.24) is 4.31 Å². The Balaban J connectivity index is 3.30. The van der Waals surface area contributed by atoms with E-state index in [-0.39, 0.29) is 6.04 Å². The molecule has 18 heavy (non-hydrogen) atoms. The van der Waals surface area contributed by atoms with Crippen molar-refractivity contribution in [2.24, 2.45) is 0 Å². The lowest BCUT2D eigenvalue weighted by Crippen LogP contribution is -2.37. The highest BCUT2D eigenvalue weighted by Crippen LogP contribution is 2.24. The molecule has 0 aliphatic rings. The summed E-state index contributed by atoms with van der Waals surface area (Å²) >= 11 is 0. The van der Waals surface area contributed by atoms with Crippen LogP contribution < -0.4 is 5.73 Å². The SMILES string of the molecule is CCCN(C(C)C)S(=O)(=O)c1cc(N)ccc1C. The van der Waals surface area contributed by atoms with Crippen molar-refractivity contribution in [2.45, 2.75) is 45.1 Å². The molecule has 2 N–H and O–H groups in total. The minimum Gasteiger partial charge on any atom is -0.399 e. The van der Waals surface area contributed by atoms with Crippen molar-refractivity contribution >= 4 is 15.7 Å². The van der Waals surface area contributed by atoms with E-state index >= 15 is 0 Å². The topological polar surface area (TPSA) is 63.4 Å². The molecule has 1 rings (SSSR count). The summed E-state index contributed by atoms with van der Waals surface area (Å²) in [6, 6.07) is 4.94. The van der Waals surface area contributed by atoms with Gasteiger partial charge in [0.1, 0.15) is 0 Å². The van der Waals surface area contributed by atoms with Crippen LogP contribution >= 0.6 is 0 Å². The third-order valence-corrected chi connectivity index (χ3v) is 5.04. The minimum absolute atomic E-state index is 0.0595. The van der Waals surface area contributed by atoms with E-state index in [1.165, 1.54) is 10.4 Å². The van der Waals surface area contributed by atoms with Crippen LogP contribution in [-0.2, 0) is 10.0 Å². The standard InChI is InChI=1S/C13H22N2O2S/c1-5-8-15(10(2)3)18(16,17)13-9-12(14)7-6-11(13)4/h6-7,9-10H,5,8,14H2,1-4H3. The van der Waals surface area contributed by atoms with Crippen LogP contribution in [0.3, 0.4) is 0 Å². The average Bonchev–Trinajstić information content (AvgIpc) is 2.28. The third-order valence-electron chi connectivity index (χ3n) is 2.82.